The highest BCUT2D eigenvalue weighted by atomic mass is 16.5. The van der Waals surface area contributed by atoms with Crippen LogP contribution in [0.3, 0.4) is 0 Å². The molecule has 5 N–H and O–H groups in total. The Morgan fingerprint density at radius 3 is 2.46 bits per heavy atom. The van der Waals surface area contributed by atoms with E-state index >= 15 is 0 Å². The molecule has 0 spiro atoms. The normalized spacial score (nSPS) is 11.4. The van der Waals surface area contributed by atoms with E-state index < -0.39 is 35.6 Å². The molecule has 1 unspecified atom stereocenters. The van der Waals surface area contributed by atoms with Crippen LogP contribution in [-0.2, 0) is 25.7 Å². The number of aromatic nitrogens is 1. The maximum Gasteiger partial charge on any atom is 0.408 e. The van der Waals surface area contributed by atoms with Gasteiger partial charge in [0, 0.05) is 25.1 Å². The molecule has 1 atom stereocenters. The van der Waals surface area contributed by atoms with Crippen molar-refractivity contribution in [1.82, 2.24) is 10.3 Å². The lowest BCUT2D eigenvalue weighted by Crippen LogP contribution is -2.44. The van der Waals surface area contributed by atoms with E-state index in [0.717, 1.165) is 5.56 Å². The zero-order valence-electron chi connectivity index (χ0n) is 21.1. The van der Waals surface area contributed by atoms with Gasteiger partial charge in [-0.3, -0.25) is 14.4 Å². The maximum absolute atomic E-state index is 13.0. The third-order valence-corrected chi connectivity index (χ3v) is 5.51. The Hall–Kier alpha value is -4.94. The molecule has 3 rings (SSSR count). The smallest absolute Gasteiger partial charge is 0.408 e. The number of ether oxygens (including phenoxy) is 1. The number of carboxylic acids is 2. The van der Waals surface area contributed by atoms with E-state index in [-0.39, 0.29) is 61.4 Å². The molecule has 3 aromatic rings. The quantitative estimate of drug-likeness (QED) is 0.200. The number of aliphatic carboxylic acids is 2. The van der Waals surface area contributed by atoms with Crippen LogP contribution in [0.15, 0.2) is 51.7 Å². The van der Waals surface area contributed by atoms with Gasteiger partial charge < -0.3 is 35.3 Å². The van der Waals surface area contributed by atoms with Gasteiger partial charge in [-0.1, -0.05) is 30.3 Å². The van der Waals surface area contributed by atoms with Gasteiger partial charge in [0.2, 0.25) is 5.91 Å². The fraction of sp³-hybridized carbons (Fsp3) is 0.308. The number of carbonyl (C=O) groups excluding carboxylic acids is 2. The highest BCUT2D eigenvalue weighted by Gasteiger charge is 2.23. The summed E-state index contributed by atoms with van der Waals surface area (Å²) >= 11 is 0. The van der Waals surface area contributed by atoms with Crippen molar-refractivity contribution in [1.29, 1.82) is 0 Å². The molecule has 0 radical (unpaired) electrons. The first kappa shape index (κ1) is 28.6. The maximum atomic E-state index is 13.0. The summed E-state index contributed by atoms with van der Waals surface area (Å²) in [5.41, 5.74) is 0.981. The number of nitrogens with zero attached hydrogens (tertiary/aromatic N) is 1. The first-order chi connectivity index (χ1) is 18.6. The van der Waals surface area contributed by atoms with E-state index in [0.29, 0.717) is 5.56 Å². The minimum Gasteiger partial charge on any atom is -0.481 e. The molecule has 2 aromatic carbocycles. The standard InChI is InChI=1S/C26H28N4O9/c1-15-12-17(13-19-22(15)24(36)39-25(29-19)27-11-5-8-20(31)32)28-23(35)18(9-10-21(33)34)30-26(37)38-14-16-6-3-2-4-7-16/h2-4,6-7,12-13,18H,5,8-11,14H2,1H3,(H,27,29)(H,28,35)(H,30,37)(H,31,32)(H,33,34). The van der Waals surface area contributed by atoms with Crippen molar-refractivity contribution in [3.63, 3.8) is 0 Å². The topological polar surface area (TPSA) is 197 Å². The van der Waals surface area contributed by atoms with Crippen molar-refractivity contribution in [3.8, 4) is 0 Å². The van der Waals surface area contributed by atoms with E-state index in [1.54, 1.807) is 31.2 Å². The third-order valence-electron chi connectivity index (χ3n) is 5.51. The summed E-state index contributed by atoms with van der Waals surface area (Å²) in [5.74, 6) is -2.80. The molecular formula is C26H28N4O9. The Morgan fingerprint density at radius 1 is 1.05 bits per heavy atom. The summed E-state index contributed by atoms with van der Waals surface area (Å²) in [6.07, 6.45) is -1.26. The number of benzene rings is 2. The number of nitrogens with one attached hydrogen (secondary N) is 3. The minimum atomic E-state index is -1.22. The summed E-state index contributed by atoms with van der Waals surface area (Å²) in [6, 6.07) is 10.5. The van der Waals surface area contributed by atoms with Crippen LogP contribution < -0.4 is 21.6 Å². The highest BCUT2D eigenvalue weighted by molar-refractivity contribution is 5.98. The van der Waals surface area contributed by atoms with Crippen molar-refractivity contribution >= 4 is 46.5 Å². The highest BCUT2D eigenvalue weighted by Crippen LogP contribution is 2.21. The van der Waals surface area contributed by atoms with Gasteiger partial charge in [0.1, 0.15) is 12.6 Å². The predicted molar refractivity (Wildman–Crippen MR) is 139 cm³/mol. The molecule has 1 aromatic heterocycles. The second-order valence-electron chi connectivity index (χ2n) is 8.60. The van der Waals surface area contributed by atoms with Gasteiger partial charge >= 0.3 is 23.7 Å². The molecule has 0 aliphatic carbocycles. The van der Waals surface area contributed by atoms with Crippen molar-refractivity contribution in [2.24, 2.45) is 0 Å². The number of amides is 2. The summed E-state index contributed by atoms with van der Waals surface area (Å²) in [4.78, 5) is 63.8. The zero-order valence-corrected chi connectivity index (χ0v) is 21.1. The molecule has 206 valence electrons. The van der Waals surface area contributed by atoms with Crippen LogP contribution in [-0.4, -0.2) is 51.7 Å². The summed E-state index contributed by atoms with van der Waals surface area (Å²) < 4.78 is 10.3. The number of carbonyl (C=O) groups is 4. The van der Waals surface area contributed by atoms with E-state index in [1.807, 2.05) is 6.07 Å². The monoisotopic (exact) mass is 540 g/mol. The molecule has 0 aliphatic rings. The lowest BCUT2D eigenvalue weighted by atomic mass is 10.1. The minimum absolute atomic E-state index is 0.0370. The van der Waals surface area contributed by atoms with Crippen molar-refractivity contribution in [2.45, 2.75) is 45.3 Å². The number of carboxylic acid groups (broad SMARTS) is 2. The van der Waals surface area contributed by atoms with Gasteiger partial charge in [0.05, 0.1) is 10.9 Å². The summed E-state index contributed by atoms with van der Waals surface area (Å²) in [7, 11) is 0. The van der Waals surface area contributed by atoms with E-state index in [4.69, 9.17) is 19.4 Å². The number of anilines is 2. The molecule has 0 aliphatic heterocycles. The van der Waals surface area contributed by atoms with Crippen molar-refractivity contribution in [3.05, 3.63) is 64.0 Å². The molecule has 39 heavy (non-hydrogen) atoms. The Kier molecular flexibility index (Phi) is 9.95. The third kappa shape index (κ3) is 8.84. The second kappa shape index (κ2) is 13.6. The summed E-state index contributed by atoms with van der Waals surface area (Å²) in [6.45, 7) is 1.79. The van der Waals surface area contributed by atoms with E-state index in [2.05, 4.69) is 20.9 Å². The molecule has 1 heterocycles. The Bertz CT molecular complexity index is 1410. The van der Waals surface area contributed by atoms with Gasteiger partial charge in [-0.15, -0.1) is 0 Å². The first-order valence-corrected chi connectivity index (χ1v) is 12.0. The van der Waals surface area contributed by atoms with Crippen LogP contribution >= 0.6 is 0 Å². The number of aryl methyl sites for hydroxylation is 1. The molecule has 13 heteroatoms. The lowest BCUT2D eigenvalue weighted by molar-refractivity contribution is -0.138. The van der Waals surface area contributed by atoms with Crippen LogP contribution in [0.25, 0.3) is 10.9 Å². The molecule has 0 fully saturated rings. The summed E-state index contributed by atoms with van der Waals surface area (Å²) in [5, 5.41) is 25.8. The fourth-order valence-electron chi connectivity index (χ4n) is 3.65. The number of hydrogen-bond donors (Lipinski definition) is 5. The molecule has 2 amide bonds. The second-order valence-corrected chi connectivity index (χ2v) is 8.60. The Balaban J connectivity index is 1.73. The molecular weight excluding hydrogens is 512 g/mol. The van der Waals surface area contributed by atoms with E-state index in [9.17, 15) is 24.0 Å². The van der Waals surface area contributed by atoms with Crippen molar-refractivity contribution < 1.29 is 38.5 Å². The van der Waals surface area contributed by atoms with Crippen LogP contribution in [0.4, 0.5) is 16.5 Å². The van der Waals surface area contributed by atoms with Crippen LogP contribution in [0.1, 0.15) is 36.8 Å². The van der Waals surface area contributed by atoms with Gasteiger partial charge in [0.25, 0.3) is 6.01 Å². The average molecular weight is 541 g/mol. The first-order valence-electron chi connectivity index (χ1n) is 12.0. The van der Waals surface area contributed by atoms with Gasteiger partial charge in [0.15, 0.2) is 0 Å². The van der Waals surface area contributed by atoms with Crippen LogP contribution in [0.2, 0.25) is 0 Å². The van der Waals surface area contributed by atoms with Crippen LogP contribution in [0, 0.1) is 6.92 Å². The lowest BCUT2D eigenvalue weighted by Gasteiger charge is -2.18. The van der Waals surface area contributed by atoms with Gasteiger partial charge in [-0.2, -0.15) is 4.98 Å². The molecule has 0 saturated heterocycles. The molecule has 0 saturated carbocycles. The number of fused-ring (bicyclic) bond motifs is 1. The fourth-order valence-corrected chi connectivity index (χ4v) is 3.65. The number of alkyl carbamates (subject to hydrolysis) is 1. The largest absolute Gasteiger partial charge is 0.481 e. The number of hydrogen-bond acceptors (Lipinski definition) is 9. The van der Waals surface area contributed by atoms with Crippen molar-refractivity contribution in [2.75, 3.05) is 17.2 Å². The molecule has 13 nitrogen and oxygen atoms in total. The van der Waals surface area contributed by atoms with E-state index in [1.165, 1.54) is 12.1 Å². The SMILES string of the molecule is Cc1cc(NC(=O)C(CCC(=O)O)NC(=O)OCc2ccccc2)cc2nc(NCCCC(=O)O)oc(=O)c12. The van der Waals surface area contributed by atoms with Gasteiger partial charge in [-0.05, 0) is 43.0 Å². The molecule has 0 bridgehead atoms. The predicted octanol–water partition coefficient (Wildman–Crippen LogP) is 2.87. The van der Waals surface area contributed by atoms with Gasteiger partial charge in [-0.25, -0.2) is 9.59 Å². The average Bonchev–Trinajstić information content (AvgIpc) is 2.87. The Morgan fingerprint density at radius 2 is 1.77 bits per heavy atom. The van der Waals surface area contributed by atoms with Crippen LogP contribution in [0.5, 0.6) is 0 Å². The number of rotatable bonds is 13. The zero-order chi connectivity index (χ0) is 28.4. The Labute approximate surface area is 222 Å².